The summed E-state index contributed by atoms with van der Waals surface area (Å²) in [5, 5.41) is 14.8. The summed E-state index contributed by atoms with van der Waals surface area (Å²) in [6.07, 6.45) is 6.69. The number of H-pyrrole nitrogens is 1. The highest BCUT2D eigenvalue weighted by Gasteiger charge is 2.20. The maximum Gasteiger partial charge on any atom is 0.368 e. The first-order valence-corrected chi connectivity index (χ1v) is 16.1. The number of fused-ring (bicyclic) bond motifs is 2. The van der Waals surface area contributed by atoms with Gasteiger partial charge in [0, 0.05) is 28.3 Å². The molecule has 0 bridgehead atoms. The van der Waals surface area contributed by atoms with Crippen LogP contribution in [-0.2, 0) is 9.84 Å². The van der Waals surface area contributed by atoms with Crippen LogP contribution in [0.1, 0.15) is 28.8 Å². The molecule has 11 nitrogen and oxygen atoms in total. The van der Waals surface area contributed by atoms with Gasteiger partial charge in [-0.2, -0.15) is 12.6 Å². The Labute approximate surface area is 237 Å². The van der Waals surface area contributed by atoms with E-state index in [1.165, 1.54) is 17.0 Å². The third-order valence-electron chi connectivity index (χ3n) is 5.93. The van der Waals surface area contributed by atoms with E-state index in [0.717, 1.165) is 39.0 Å². The average Bonchev–Trinajstić information content (AvgIpc) is 3.52. The van der Waals surface area contributed by atoms with Crippen molar-refractivity contribution in [1.29, 1.82) is 0 Å². The van der Waals surface area contributed by atoms with Crippen LogP contribution in [0, 0.1) is 17.0 Å². The van der Waals surface area contributed by atoms with E-state index in [2.05, 4.69) is 25.0 Å². The van der Waals surface area contributed by atoms with Crippen molar-refractivity contribution in [2.24, 2.45) is 0 Å². The van der Waals surface area contributed by atoms with Crippen LogP contribution in [0.25, 0.3) is 16.7 Å². The predicted octanol–water partition coefficient (Wildman–Crippen LogP) is 4.91. The standard InChI is InChI=1S/C24H23N7O4S4/c1-14-19(38-9-3-8-37-15-10-20-26-13-21(31(32)33)30(20)27-12-15)6-7-25-22(14)23(36)24-28-17-5-4-16(39(2,34)35)11-18(17)29-24/h4-7,10-13,23,36H,3,8-9H2,1-2H3,(H,28,29). The third kappa shape index (κ3) is 5.90. The molecule has 0 aliphatic rings. The van der Waals surface area contributed by atoms with Gasteiger partial charge in [0.1, 0.15) is 17.3 Å². The second-order valence-electron chi connectivity index (χ2n) is 8.68. The Morgan fingerprint density at radius 3 is 2.72 bits per heavy atom. The molecule has 5 aromatic rings. The van der Waals surface area contributed by atoms with Crippen molar-refractivity contribution in [1.82, 2.24) is 29.5 Å². The van der Waals surface area contributed by atoms with Crippen molar-refractivity contribution in [2.45, 2.75) is 33.3 Å². The SMILES string of the molecule is Cc1c(SCCCSc2cnn3c([N+](=O)[O-])cnc3c2)ccnc1C(S)c1nc2ccc(S(C)(=O)=O)cc2[nH]1. The van der Waals surface area contributed by atoms with Crippen LogP contribution in [0.2, 0.25) is 0 Å². The van der Waals surface area contributed by atoms with Gasteiger partial charge in [-0.3, -0.25) is 4.98 Å². The Kier molecular flexibility index (Phi) is 7.84. The number of benzene rings is 1. The number of aromatic nitrogens is 6. The maximum atomic E-state index is 11.9. The van der Waals surface area contributed by atoms with Crippen molar-refractivity contribution in [3.8, 4) is 0 Å². The van der Waals surface area contributed by atoms with Crippen LogP contribution in [0.15, 0.2) is 63.6 Å². The summed E-state index contributed by atoms with van der Waals surface area (Å²) in [4.78, 5) is 29.2. The zero-order valence-electron chi connectivity index (χ0n) is 20.8. The fourth-order valence-corrected chi connectivity index (χ4v) is 6.98. The summed E-state index contributed by atoms with van der Waals surface area (Å²) in [6.45, 7) is 2.01. The summed E-state index contributed by atoms with van der Waals surface area (Å²) in [7, 11) is -3.32. The number of imidazole rings is 2. The molecule has 5 rings (SSSR count). The lowest BCUT2D eigenvalue weighted by Gasteiger charge is -2.14. The molecule has 1 aromatic carbocycles. The van der Waals surface area contributed by atoms with Crippen molar-refractivity contribution >= 4 is 68.5 Å². The van der Waals surface area contributed by atoms with Crippen molar-refractivity contribution in [3.63, 3.8) is 0 Å². The summed E-state index contributed by atoms with van der Waals surface area (Å²) in [5.41, 5.74) is 3.55. The molecule has 0 spiro atoms. The lowest BCUT2D eigenvalue weighted by molar-refractivity contribution is -0.391. The van der Waals surface area contributed by atoms with Gasteiger partial charge in [0.25, 0.3) is 0 Å². The molecular weight excluding hydrogens is 579 g/mol. The molecule has 15 heteroatoms. The van der Waals surface area contributed by atoms with Crippen LogP contribution in [0.3, 0.4) is 0 Å². The Morgan fingerprint density at radius 1 is 1.15 bits per heavy atom. The number of thioether (sulfide) groups is 2. The van der Waals surface area contributed by atoms with Gasteiger partial charge in [-0.05, 0) is 59.6 Å². The number of pyridine rings is 1. The molecule has 0 amide bonds. The number of aromatic amines is 1. The number of sulfone groups is 1. The van der Waals surface area contributed by atoms with E-state index >= 15 is 0 Å². The minimum atomic E-state index is -3.32. The van der Waals surface area contributed by atoms with E-state index in [0.29, 0.717) is 22.5 Å². The van der Waals surface area contributed by atoms with Gasteiger partial charge in [-0.1, -0.05) is 9.61 Å². The van der Waals surface area contributed by atoms with Gasteiger partial charge in [0.15, 0.2) is 9.84 Å². The van der Waals surface area contributed by atoms with Crippen molar-refractivity contribution < 1.29 is 13.3 Å². The number of nitrogens with one attached hydrogen (secondary N) is 1. The number of rotatable bonds is 10. The van der Waals surface area contributed by atoms with Crippen LogP contribution in [0.4, 0.5) is 5.82 Å². The molecule has 1 unspecified atom stereocenters. The van der Waals surface area contributed by atoms with E-state index in [4.69, 9.17) is 12.6 Å². The molecule has 202 valence electrons. The summed E-state index contributed by atoms with van der Waals surface area (Å²) >= 11 is 8.15. The minimum absolute atomic E-state index is 0.158. The molecule has 0 aliphatic heterocycles. The molecule has 0 saturated heterocycles. The van der Waals surface area contributed by atoms with Gasteiger partial charge >= 0.3 is 5.82 Å². The number of nitrogens with zero attached hydrogens (tertiary/aromatic N) is 6. The van der Waals surface area contributed by atoms with Crippen LogP contribution >= 0.6 is 36.2 Å². The van der Waals surface area contributed by atoms with E-state index in [1.54, 1.807) is 60.2 Å². The molecule has 4 aromatic heterocycles. The Balaban J connectivity index is 1.21. The summed E-state index contributed by atoms with van der Waals surface area (Å²) in [6, 6.07) is 8.60. The number of hydrogen-bond acceptors (Lipinski definition) is 11. The fourth-order valence-electron chi connectivity index (χ4n) is 3.94. The lowest BCUT2D eigenvalue weighted by Crippen LogP contribution is -2.03. The maximum absolute atomic E-state index is 11.9. The van der Waals surface area contributed by atoms with Gasteiger partial charge in [0.05, 0.1) is 27.8 Å². The molecule has 1 N–H and O–H groups in total. The monoisotopic (exact) mass is 601 g/mol. The Hall–Kier alpha value is -3.14. The zero-order chi connectivity index (χ0) is 27.7. The Morgan fingerprint density at radius 2 is 1.95 bits per heavy atom. The number of hydrogen-bond donors (Lipinski definition) is 2. The molecule has 0 aliphatic carbocycles. The highest BCUT2D eigenvalue weighted by Crippen LogP contribution is 2.34. The zero-order valence-corrected chi connectivity index (χ0v) is 24.1. The second-order valence-corrected chi connectivity index (χ2v) is 13.5. The first-order valence-electron chi connectivity index (χ1n) is 11.7. The molecule has 0 radical (unpaired) electrons. The van der Waals surface area contributed by atoms with Gasteiger partial charge < -0.3 is 15.1 Å². The lowest BCUT2D eigenvalue weighted by atomic mass is 10.1. The number of thiol groups is 1. The smallest absolute Gasteiger partial charge is 0.358 e. The summed E-state index contributed by atoms with van der Waals surface area (Å²) in [5.74, 6) is 2.18. The number of nitro groups is 1. The molecule has 0 fully saturated rings. The van der Waals surface area contributed by atoms with Crippen molar-refractivity contribution in [3.05, 3.63) is 76.1 Å². The first-order chi connectivity index (χ1) is 18.6. The molecular formula is C24H23N7O4S4. The van der Waals surface area contributed by atoms with Gasteiger partial charge in [0.2, 0.25) is 5.65 Å². The normalized spacial score (nSPS) is 12.8. The fraction of sp³-hybridized carbons (Fsp3) is 0.250. The topological polar surface area (TPSA) is 149 Å². The highest BCUT2D eigenvalue weighted by molar-refractivity contribution is 8.00. The average molecular weight is 602 g/mol. The van der Waals surface area contributed by atoms with E-state index in [1.807, 2.05) is 13.0 Å². The molecule has 4 heterocycles. The molecule has 1 atom stereocenters. The summed E-state index contributed by atoms with van der Waals surface area (Å²) < 4.78 is 25.0. The largest absolute Gasteiger partial charge is 0.368 e. The van der Waals surface area contributed by atoms with E-state index in [9.17, 15) is 18.5 Å². The van der Waals surface area contributed by atoms with Crippen molar-refractivity contribution in [2.75, 3.05) is 17.8 Å². The quantitative estimate of drug-likeness (QED) is 0.0743. The Bertz CT molecular complexity index is 1800. The van der Waals surface area contributed by atoms with Gasteiger partial charge in [-0.25, -0.2) is 18.4 Å². The molecule has 0 saturated carbocycles. The second kappa shape index (κ2) is 11.2. The first kappa shape index (κ1) is 27.4. The van der Waals surface area contributed by atoms with Crippen LogP contribution in [-0.4, -0.2) is 60.7 Å². The molecule has 39 heavy (non-hydrogen) atoms. The van der Waals surface area contributed by atoms with E-state index in [-0.39, 0.29) is 10.7 Å². The van der Waals surface area contributed by atoms with Gasteiger partial charge in [-0.15, -0.1) is 23.5 Å². The third-order valence-corrected chi connectivity index (χ3v) is 9.83. The van der Waals surface area contributed by atoms with Crippen LogP contribution in [0.5, 0.6) is 0 Å². The minimum Gasteiger partial charge on any atom is -0.358 e. The highest BCUT2D eigenvalue weighted by atomic mass is 32.2. The van der Waals surface area contributed by atoms with E-state index < -0.39 is 20.0 Å². The van der Waals surface area contributed by atoms with Crippen LogP contribution < -0.4 is 0 Å². The predicted molar refractivity (Wildman–Crippen MR) is 155 cm³/mol.